The van der Waals surface area contributed by atoms with Crippen molar-refractivity contribution >= 4 is 17.2 Å². The quantitative estimate of drug-likeness (QED) is 0.826. The number of aryl methyl sites for hydroxylation is 2. The highest BCUT2D eigenvalue weighted by molar-refractivity contribution is 7.09. The van der Waals surface area contributed by atoms with Crippen LogP contribution in [0.5, 0.6) is 0 Å². The van der Waals surface area contributed by atoms with E-state index in [-0.39, 0.29) is 18.6 Å². The molecule has 0 aliphatic carbocycles. The van der Waals surface area contributed by atoms with Gasteiger partial charge in [-0.05, 0) is 25.3 Å². The lowest BCUT2D eigenvalue weighted by Gasteiger charge is -2.10. The SMILES string of the molecule is CC(CCO)NC(=O)c1csc(CCc2ccccc2)n1. The highest BCUT2D eigenvalue weighted by atomic mass is 32.1. The van der Waals surface area contributed by atoms with Gasteiger partial charge in [-0.3, -0.25) is 4.79 Å². The number of hydrogen-bond acceptors (Lipinski definition) is 4. The number of nitrogens with one attached hydrogen (secondary N) is 1. The maximum atomic E-state index is 12.0. The van der Waals surface area contributed by atoms with E-state index in [1.807, 2.05) is 25.1 Å². The summed E-state index contributed by atoms with van der Waals surface area (Å²) in [6.45, 7) is 1.94. The first-order chi connectivity index (χ1) is 10.2. The predicted molar refractivity (Wildman–Crippen MR) is 84.6 cm³/mol. The summed E-state index contributed by atoms with van der Waals surface area (Å²) in [5, 5.41) is 14.4. The summed E-state index contributed by atoms with van der Waals surface area (Å²) in [5.74, 6) is -0.168. The zero-order chi connectivity index (χ0) is 15.1. The first-order valence-electron chi connectivity index (χ1n) is 7.09. The molecule has 0 aliphatic rings. The van der Waals surface area contributed by atoms with E-state index in [1.54, 1.807) is 5.38 Å². The predicted octanol–water partition coefficient (Wildman–Crippen LogP) is 2.43. The Balaban J connectivity index is 1.87. The van der Waals surface area contributed by atoms with Gasteiger partial charge in [-0.2, -0.15) is 0 Å². The summed E-state index contributed by atoms with van der Waals surface area (Å²) in [5.41, 5.74) is 1.74. The molecule has 112 valence electrons. The third-order valence-electron chi connectivity index (χ3n) is 3.19. The smallest absolute Gasteiger partial charge is 0.270 e. The van der Waals surface area contributed by atoms with Crippen LogP contribution < -0.4 is 5.32 Å². The van der Waals surface area contributed by atoms with Gasteiger partial charge in [-0.15, -0.1) is 11.3 Å². The van der Waals surface area contributed by atoms with E-state index in [2.05, 4.69) is 22.4 Å². The number of hydrogen-bond donors (Lipinski definition) is 2. The van der Waals surface area contributed by atoms with Crippen LogP contribution in [0.15, 0.2) is 35.7 Å². The molecule has 5 heteroatoms. The van der Waals surface area contributed by atoms with Crippen molar-refractivity contribution in [1.82, 2.24) is 10.3 Å². The molecular weight excluding hydrogens is 284 g/mol. The number of aliphatic hydroxyl groups is 1. The molecule has 2 aromatic rings. The van der Waals surface area contributed by atoms with Crippen molar-refractivity contribution in [3.05, 3.63) is 52.0 Å². The van der Waals surface area contributed by atoms with Gasteiger partial charge in [0.1, 0.15) is 5.69 Å². The molecule has 1 aromatic carbocycles. The van der Waals surface area contributed by atoms with Crippen LogP contribution in [0, 0.1) is 0 Å². The van der Waals surface area contributed by atoms with Crippen molar-refractivity contribution in [2.24, 2.45) is 0 Å². The molecule has 1 amide bonds. The van der Waals surface area contributed by atoms with Crippen molar-refractivity contribution in [2.75, 3.05) is 6.61 Å². The van der Waals surface area contributed by atoms with Crippen molar-refractivity contribution in [2.45, 2.75) is 32.2 Å². The van der Waals surface area contributed by atoms with E-state index >= 15 is 0 Å². The molecule has 1 unspecified atom stereocenters. The molecule has 1 aromatic heterocycles. The van der Waals surface area contributed by atoms with Gasteiger partial charge < -0.3 is 10.4 Å². The average Bonchev–Trinajstić information content (AvgIpc) is 2.95. The number of rotatable bonds is 7. The molecule has 0 spiro atoms. The Kier molecular flexibility index (Phi) is 5.90. The van der Waals surface area contributed by atoms with Crippen LogP contribution in [-0.2, 0) is 12.8 Å². The molecule has 0 aliphatic heterocycles. The standard InChI is InChI=1S/C16H20N2O2S/c1-12(9-10-19)17-16(20)14-11-21-15(18-14)8-7-13-5-3-2-4-6-13/h2-6,11-12,19H,7-10H2,1H3,(H,17,20). The highest BCUT2D eigenvalue weighted by Crippen LogP contribution is 2.13. The lowest BCUT2D eigenvalue weighted by molar-refractivity contribution is 0.0930. The second-order valence-corrected chi connectivity index (χ2v) is 5.94. The Hall–Kier alpha value is -1.72. The fourth-order valence-corrected chi connectivity index (χ4v) is 2.77. The van der Waals surface area contributed by atoms with E-state index in [4.69, 9.17) is 5.11 Å². The molecular formula is C16H20N2O2S. The minimum absolute atomic E-state index is 0.0445. The van der Waals surface area contributed by atoms with E-state index < -0.39 is 0 Å². The third kappa shape index (κ3) is 4.95. The summed E-state index contributed by atoms with van der Waals surface area (Å²) >= 11 is 1.52. The Labute approximate surface area is 128 Å². The molecule has 1 heterocycles. The first kappa shape index (κ1) is 15.7. The van der Waals surface area contributed by atoms with E-state index in [1.165, 1.54) is 16.9 Å². The second kappa shape index (κ2) is 7.90. The maximum absolute atomic E-state index is 12.0. The molecule has 1 atom stereocenters. The molecule has 21 heavy (non-hydrogen) atoms. The van der Waals surface area contributed by atoms with Gasteiger partial charge in [-0.1, -0.05) is 30.3 Å². The third-order valence-corrected chi connectivity index (χ3v) is 4.10. The maximum Gasteiger partial charge on any atom is 0.270 e. The van der Waals surface area contributed by atoms with Gasteiger partial charge in [0.15, 0.2) is 0 Å². The zero-order valence-corrected chi connectivity index (χ0v) is 12.9. The number of amides is 1. The fourth-order valence-electron chi connectivity index (χ4n) is 1.99. The average molecular weight is 304 g/mol. The van der Waals surface area contributed by atoms with Gasteiger partial charge in [-0.25, -0.2) is 4.98 Å². The molecule has 4 nitrogen and oxygen atoms in total. The van der Waals surface area contributed by atoms with E-state index in [0.29, 0.717) is 12.1 Å². The minimum Gasteiger partial charge on any atom is -0.396 e. The topological polar surface area (TPSA) is 62.2 Å². The Morgan fingerprint density at radius 3 is 2.81 bits per heavy atom. The van der Waals surface area contributed by atoms with Crippen molar-refractivity contribution in [1.29, 1.82) is 0 Å². The fraction of sp³-hybridized carbons (Fsp3) is 0.375. The van der Waals surface area contributed by atoms with Crippen LogP contribution in [0.25, 0.3) is 0 Å². The van der Waals surface area contributed by atoms with Gasteiger partial charge in [0.25, 0.3) is 5.91 Å². The lowest BCUT2D eigenvalue weighted by Crippen LogP contribution is -2.33. The van der Waals surface area contributed by atoms with Gasteiger partial charge in [0.05, 0.1) is 5.01 Å². The lowest BCUT2D eigenvalue weighted by atomic mass is 10.1. The molecule has 2 rings (SSSR count). The Morgan fingerprint density at radius 2 is 2.10 bits per heavy atom. The summed E-state index contributed by atoms with van der Waals surface area (Å²) in [6, 6.07) is 10.2. The number of aliphatic hydroxyl groups excluding tert-OH is 1. The first-order valence-corrected chi connectivity index (χ1v) is 7.97. The monoisotopic (exact) mass is 304 g/mol. The number of aromatic nitrogens is 1. The number of nitrogens with zero attached hydrogens (tertiary/aromatic N) is 1. The number of carbonyl (C=O) groups excluding carboxylic acids is 1. The van der Waals surface area contributed by atoms with Crippen LogP contribution in [-0.4, -0.2) is 28.6 Å². The number of thiazole rings is 1. The van der Waals surface area contributed by atoms with Crippen molar-refractivity contribution < 1.29 is 9.90 Å². The van der Waals surface area contributed by atoms with Crippen LogP contribution in [0.4, 0.5) is 0 Å². The summed E-state index contributed by atoms with van der Waals surface area (Å²) in [6.07, 6.45) is 2.32. The van der Waals surface area contributed by atoms with Crippen LogP contribution >= 0.6 is 11.3 Å². The van der Waals surface area contributed by atoms with Crippen molar-refractivity contribution in [3.8, 4) is 0 Å². The summed E-state index contributed by atoms with van der Waals surface area (Å²) in [4.78, 5) is 16.4. The molecule has 2 N–H and O–H groups in total. The molecule has 0 bridgehead atoms. The summed E-state index contributed by atoms with van der Waals surface area (Å²) < 4.78 is 0. The van der Waals surface area contributed by atoms with E-state index in [9.17, 15) is 4.79 Å². The number of carbonyl (C=O) groups is 1. The summed E-state index contributed by atoms with van der Waals surface area (Å²) in [7, 11) is 0. The van der Waals surface area contributed by atoms with Crippen LogP contribution in [0.3, 0.4) is 0 Å². The van der Waals surface area contributed by atoms with Gasteiger partial charge in [0, 0.05) is 24.4 Å². The normalized spacial score (nSPS) is 12.1. The Morgan fingerprint density at radius 1 is 1.33 bits per heavy atom. The van der Waals surface area contributed by atoms with Crippen LogP contribution in [0.1, 0.15) is 34.4 Å². The zero-order valence-electron chi connectivity index (χ0n) is 12.1. The Bertz CT molecular complexity index is 569. The van der Waals surface area contributed by atoms with E-state index in [0.717, 1.165) is 17.8 Å². The van der Waals surface area contributed by atoms with Crippen LogP contribution in [0.2, 0.25) is 0 Å². The highest BCUT2D eigenvalue weighted by Gasteiger charge is 2.13. The molecule has 0 radical (unpaired) electrons. The molecule has 0 saturated carbocycles. The van der Waals surface area contributed by atoms with Crippen molar-refractivity contribution in [3.63, 3.8) is 0 Å². The number of benzene rings is 1. The minimum atomic E-state index is -0.168. The van der Waals surface area contributed by atoms with Gasteiger partial charge in [0.2, 0.25) is 0 Å². The largest absolute Gasteiger partial charge is 0.396 e. The molecule has 0 fully saturated rings. The molecule has 0 saturated heterocycles. The van der Waals surface area contributed by atoms with Gasteiger partial charge >= 0.3 is 0 Å². The second-order valence-electron chi connectivity index (χ2n) is 5.00.